The van der Waals surface area contributed by atoms with Crippen LogP contribution in [0, 0.1) is 5.41 Å². The Morgan fingerprint density at radius 1 is 0.952 bits per heavy atom. The van der Waals surface area contributed by atoms with E-state index in [2.05, 4.69) is 56.1 Å². The highest BCUT2D eigenvalue weighted by atomic mass is 35.5. The van der Waals surface area contributed by atoms with Crippen LogP contribution in [0.25, 0.3) is 21.8 Å². The van der Waals surface area contributed by atoms with Crippen LogP contribution in [-0.2, 0) is 29.0 Å². The number of thioether (sulfide) groups is 1. The van der Waals surface area contributed by atoms with Crippen LogP contribution in [0.5, 0.6) is 5.75 Å². The Kier molecular flexibility index (Phi) is 8.58. The normalized spacial score (nSPS) is 12.2. The van der Waals surface area contributed by atoms with Gasteiger partial charge >= 0.3 is 5.97 Å². The molecule has 2 heterocycles. The number of aromatic nitrogens is 2. The number of hydrogen-bond donors (Lipinski definition) is 1. The zero-order valence-electron chi connectivity index (χ0n) is 25.0. The molecule has 218 valence electrons. The largest absolute Gasteiger partial charge is 0.487 e. The summed E-state index contributed by atoms with van der Waals surface area (Å²) in [4.78, 5) is 22.3. The fourth-order valence-corrected chi connectivity index (χ4v) is 6.47. The van der Waals surface area contributed by atoms with Crippen LogP contribution in [0.3, 0.4) is 0 Å². The van der Waals surface area contributed by atoms with Crippen molar-refractivity contribution in [3.05, 3.63) is 100 Å². The molecule has 0 aliphatic heterocycles. The average Bonchev–Trinajstić information content (AvgIpc) is 3.27. The van der Waals surface area contributed by atoms with Crippen molar-refractivity contribution < 1.29 is 14.3 Å². The molecule has 0 aliphatic carbocycles. The molecule has 0 unspecified atom stereocenters. The van der Waals surface area contributed by atoms with Gasteiger partial charge in [-0.05, 0) is 55.8 Å². The van der Waals surface area contributed by atoms with Gasteiger partial charge in [-0.25, -0.2) is 4.98 Å². The molecule has 7 heteroatoms. The van der Waals surface area contributed by atoms with E-state index in [0.717, 1.165) is 55.0 Å². The van der Waals surface area contributed by atoms with Crippen LogP contribution in [-0.4, -0.2) is 27.8 Å². The number of pyridine rings is 1. The monoisotopic (exact) mass is 600 g/mol. The van der Waals surface area contributed by atoms with E-state index in [1.54, 1.807) is 11.8 Å². The summed E-state index contributed by atoms with van der Waals surface area (Å²) in [7, 11) is 1.44. The summed E-state index contributed by atoms with van der Waals surface area (Å²) in [5.74, 6) is 0.571. The number of nitrogens with zero attached hydrogens (tertiary/aromatic N) is 1. The number of H-pyrrole nitrogens is 1. The van der Waals surface area contributed by atoms with Crippen LogP contribution < -0.4 is 4.74 Å². The molecule has 0 atom stereocenters. The smallest absolute Gasteiger partial charge is 0.311 e. The maximum atomic E-state index is 12.7. The number of halogens is 1. The van der Waals surface area contributed by atoms with Gasteiger partial charge in [-0.2, -0.15) is 0 Å². The van der Waals surface area contributed by atoms with Crippen molar-refractivity contribution in [2.45, 2.75) is 63.7 Å². The van der Waals surface area contributed by atoms with Crippen molar-refractivity contribution in [2.24, 2.45) is 5.41 Å². The third kappa shape index (κ3) is 6.77. The molecule has 0 bridgehead atoms. The summed E-state index contributed by atoms with van der Waals surface area (Å²) in [5.41, 5.74) is 5.36. The number of fused-ring (bicyclic) bond motifs is 2. The number of rotatable bonds is 9. The topological polar surface area (TPSA) is 64.2 Å². The summed E-state index contributed by atoms with van der Waals surface area (Å²) < 4.78 is 11.6. The molecule has 0 amide bonds. The van der Waals surface area contributed by atoms with Crippen molar-refractivity contribution in [1.82, 2.24) is 9.97 Å². The van der Waals surface area contributed by atoms with Crippen LogP contribution in [0.4, 0.5) is 0 Å². The Morgan fingerprint density at radius 3 is 2.40 bits per heavy atom. The van der Waals surface area contributed by atoms with E-state index in [9.17, 15) is 4.79 Å². The second-order valence-corrected chi connectivity index (χ2v) is 14.5. The van der Waals surface area contributed by atoms with E-state index >= 15 is 0 Å². The Morgan fingerprint density at radius 2 is 1.69 bits per heavy atom. The molecule has 0 saturated carbocycles. The quantitative estimate of drug-likeness (QED) is 0.135. The van der Waals surface area contributed by atoms with Crippen LogP contribution in [0.15, 0.2) is 77.7 Å². The van der Waals surface area contributed by atoms with Gasteiger partial charge in [0.1, 0.15) is 12.4 Å². The Balaban J connectivity index is 1.62. The molecule has 5 nitrogen and oxygen atoms in total. The molecule has 1 N–H and O–H groups in total. The van der Waals surface area contributed by atoms with Crippen molar-refractivity contribution in [3.63, 3.8) is 0 Å². The standard InChI is InChI=1S/C35H37ClN2O3S/c1-34(2,3)42-32-29(20-35(4,5)33(39)40-6)38-28-17-18-30(26(31(28)32)19-22-11-14-24(36)15-12-22)41-21-25-16-13-23-9-7-8-10-27(23)37-25/h7-18,38H,19-21H2,1-6H3. The lowest BCUT2D eigenvalue weighted by atomic mass is 9.88. The third-order valence-corrected chi connectivity index (χ3v) is 8.67. The van der Waals surface area contributed by atoms with Gasteiger partial charge in [-0.3, -0.25) is 4.79 Å². The molecule has 0 radical (unpaired) electrons. The Bertz CT molecular complexity index is 1740. The zero-order chi connectivity index (χ0) is 30.1. The average molecular weight is 601 g/mol. The molecule has 0 aliphatic rings. The third-order valence-electron chi connectivity index (χ3n) is 7.15. The van der Waals surface area contributed by atoms with E-state index in [-0.39, 0.29) is 10.7 Å². The van der Waals surface area contributed by atoms with Crippen LogP contribution in [0.1, 0.15) is 57.1 Å². The molecule has 0 fully saturated rings. The number of carbonyl (C=O) groups is 1. The maximum absolute atomic E-state index is 12.7. The number of ether oxygens (including phenoxy) is 2. The highest BCUT2D eigenvalue weighted by Gasteiger charge is 2.33. The lowest BCUT2D eigenvalue weighted by molar-refractivity contribution is -0.150. The first-order valence-electron chi connectivity index (χ1n) is 14.1. The molecule has 0 saturated heterocycles. The SMILES string of the molecule is COC(=O)C(C)(C)Cc1[nH]c2ccc(OCc3ccc4ccccc4n3)c(Cc3ccc(Cl)cc3)c2c1SC(C)(C)C. The first-order valence-corrected chi connectivity index (χ1v) is 15.3. The number of nitrogens with one attached hydrogen (secondary N) is 1. The van der Waals surface area contributed by atoms with Crippen molar-refractivity contribution >= 4 is 51.1 Å². The van der Waals surface area contributed by atoms with Crippen molar-refractivity contribution in [2.75, 3.05) is 7.11 Å². The molecule has 5 aromatic rings. The molecule has 5 rings (SSSR count). The van der Waals surface area contributed by atoms with Gasteiger partial charge in [0.15, 0.2) is 0 Å². The molecule has 42 heavy (non-hydrogen) atoms. The summed E-state index contributed by atoms with van der Waals surface area (Å²) in [6.45, 7) is 10.8. The predicted molar refractivity (Wildman–Crippen MR) is 174 cm³/mol. The molecular weight excluding hydrogens is 564 g/mol. The predicted octanol–water partition coefficient (Wildman–Crippen LogP) is 9.17. The van der Waals surface area contributed by atoms with E-state index in [1.165, 1.54) is 7.11 Å². The number of methoxy groups -OCH3 is 1. The minimum atomic E-state index is -0.694. The van der Waals surface area contributed by atoms with Crippen molar-refractivity contribution in [1.29, 1.82) is 0 Å². The van der Waals surface area contributed by atoms with Gasteiger partial charge in [0.2, 0.25) is 0 Å². The summed E-state index contributed by atoms with van der Waals surface area (Å²) in [6.07, 6.45) is 1.18. The number of esters is 1. The second kappa shape index (κ2) is 12.0. The first kappa shape index (κ1) is 30.0. The van der Waals surface area contributed by atoms with Gasteiger partial charge in [0, 0.05) is 55.1 Å². The number of aromatic amines is 1. The lowest BCUT2D eigenvalue weighted by Crippen LogP contribution is -2.28. The molecular formula is C35H37ClN2O3S. The van der Waals surface area contributed by atoms with E-state index in [4.69, 9.17) is 26.1 Å². The number of hydrogen-bond acceptors (Lipinski definition) is 5. The first-order chi connectivity index (χ1) is 19.9. The van der Waals surface area contributed by atoms with Gasteiger partial charge in [0.05, 0.1) is 23.7 Å². The van der Waals surface area contributed by atoms with Gasteiger partial charge in [-0.1, -0.05) is 68.8 Å². The minimum absolute atomic E-state index is 0.0668. The Hall–Kier alpha value is -3.48. The Labute approximate surface area is 257 Å². The van der Waals surface area contributed by atoms with Crippen LogP contribution >= 0.6 is 23.4 Å². The van der Waals surface area contributed by atoms with Crippen LogP contribution in [0.2, 0.25) is 5.02 Å². The summed E-state index contributed by atoms with van der Waals surface area (Å²) in [6, 6.07) is 24.3. The highest BCUT2D eigenvalue weighted by molar-refractivity contribution is 8.00. The van der Waals surface area contributed by atoms with E-state index in [0.29, 0.717) is 24.5 Å². The van der Waals surface area contributed by atoms with Gasteiger partial charge in [-0.15, -0.1) is 11.8 Å². The van der Waals surface area contributed by atoms with E-state index < -0.39 is 5.41 Å². The summed E-state index contributed by atoms with van der Waals surface area (Å²) >= 11 is 8.03. The molecule has 3 aromatic carbocycles. The fraction of sp³-hybridized carbons (Fsp3) is 0.314. The molecule has 0 spiro atoms. The van der Waals surface area contributed by atoms with Gasteiger partial charge in [0.25, 0.3) is 0 Å². The summed E-state index contributed by atoms with van der Waals surface area (Å²) in [5, 5.41) is 2.92. The number of benzene rings is 3. The number of para-hydroxylation sites is 1. The van der Waals surface area contributed by atoms with Gasteiger partial charge < -0.3 is 14.5 Å². The lowest BCUT2D eigenvalue weighted by Gasteiger charge is -2.24. The fourth-order valence-electron chi connectivity index (χ4n) is 5.15. The highest BCUT2D eigenvalue weighted by Crippen LogP contribution is 2.45. The van der Waals surface area contributed by atoms with Crippen molar-refractivity contribution in [3.8, 4) is 5.75 Å². The zero-order valence-corrected chi connectivity index (χ0v) is 26.6. The molecule has 2 aromatic heterocycles. The van der Waals surface area contributed by atoms with E-state index in [1.807, 2.05) is 56.3 Å². The number of carbonyl (C=O) groups excluding carboxylic acids is 1. The minimum Gasteiger partial charge on any atom is -0.487 e. The second-order valence-electron chi connectivity index (χ2n) is 12.3. The maximum Gasteiger partial charge on any atom is 0.311 e.